The van der Waals surface area contributed by atoms with Crippen molar-refractivity contribution < 1.29 is 4.79 Å². The fourth-order valence-electron chi connectivity index (χ4n) is 3.79. The fourth-order valence-corrected chi connectivity index (χ4v) is 3.79. The molecule has 0 aliphatic heterocycles. The molecule has 2 atom stereocenters. The van der Waals surface area contributed by atoms with E-state index in [2.05, 4.69) is 12.2 Å². The van der Waals surface area contributed by atoms with Gasteiger partial charge in [0, 0.05) is 5.92 Å². The number of hydrogen-bond acceptors (Lipinski definition) is 2. The van der Waals surface area contributed by atoms with Gasteiger partial charge in [-0.1, -0.05) is 71.1 Å². The third-order valence-electron chi connectivity index (χ3n) is 5.47. The van der Waals surface area contributed by atoms with Crippen LogP contribution in [-0.4, -0.2) is 19.4 Å². The Balaban J connectivity index is 2.14. The third-order valence-corrected chi connectivity index (χ3v) is 5.47. The van der Waals surface area contributed by atoms with Crippen LogP contribution in [0.2, 0.25) is 0 Å². The maximum Gasteiger partial charge on any atom is 0.123 e. The number of nitrogens with one attached hydrogen (secondary N) is 1. The first kappa shape index (κ1) is 20.7. The van der Waals surface area contributed by atoms with Gasteiger partial charge in [0.2, 0.25) is 0 Å². The zero-order valence-electron chi connectivity index (χ0n) is 15.7. The number of aldehydes is 1. The lowest BCUT2D eigenvalue weighted by molar-refractivity contribution is -0.111. The summed E-state index contributed by atoms with van der Waals surface area (Å²) < 4.78 is 0. The third kappa shape index (κ3) is 11.8. The summed E-state index contributed by atoms with van der Waals surface area (Å²) in [4.78, 5) is 11.2. The van der Waals surface area contributed by atoms with E-state index in [0.29, 0.717) is 5.92 Å². The van der Waals surface area contributed by atoms with E-state index in [-0.39, 0.29) is 0 Å². The van der Waals surface area contributed by atoms with Gasteiger partial charge in [0.05, 0.1) is 0 Å². The van der Waals surface area contributed by atoms with Gasteiger partial charge in [-0.05, 0) is 51.1 Å². The number of hydrogen-bond donors (Lipinski definition) is 1. The smallest absolute Gasteiger partial charge is 0.123 e. The van der Waals surface area contributed by atoms with Crippen LogP contribution < -0.4 is 5.32 Å². The Morgan fingerprint density at radius 2 is 1.52 bits per heavy atom. The molecule has 2 heteroatoms. The molecule has 1 fully saturated rings. The zero-order valence-corrected chi connectivity index (χ0v) is 15.7. The second-order valence-electron chi connectivity index (χ2n) is 7.66. The van der Waals surface area contributed by atoms with Gasteiger partial charge < -0.3 is 10.1 Å². The number of carbonyl (C=O) groups is 1. The molecule has 1 aliphatic rings. The maximum atomic E-state index is 11.2. The summed E-state index contributed by atoms with van der Waals surface area (Å²) in [6.07, 6.45) is 21.0. The van der Waals surface area contributed by atoms with Crippen LogP contribution in [0.5, 0.6) is 0 Å². The summed E-state index contributed by atoms with van der Waals surface area (Å²) >= 11 is 0. The first-order valence-electron chi connectivity index (χ1n) is 10.5. The van der Waals surface area contributed by atoms with Crippen molar-refractivity contribution in [3.8, 4) is 0 Å². The molecule has 1 saturated carbocycles. The lowest BCUT2D eigenvalue weighted by atomic mass is 9.91. The van der Waals surface area contributed by atoms with E-state index in [0.717, 1.165) is 18.8 Å². The first-order valence-corrected chi connectivity index (χ1v) is 10.5. The molecular weight excluding hydrogens is 282 g/mol. The van der Waals surface area contributed by atoms with Crippen molar-refractivity contribution >= 4 is 6.29 Å². The fraction of sp³-hybridized carbons (Fsp3) is 0.952. The van der Waals surface area contributed by atoms with Gasteiger partial charge in [-0.2, -0.15) is 0 Å². The molecule has 136 valence electrons. The van der Waals surface area contributed by atoms with Crippen LogP contribution in [0.25, 0.3) is 0 Å². The average Bonchev–Trinajstić information content (AvgIpc) is 2.62. The van der Waals surface area contributed by atoms with Crippen molar-refractivity contribution in [1.82, 2.24) is 5.32 Å². The largest absolute Gasteiger partial charge is 0.316 e. The first-order chi connectivity index (χ1) is 11.4. The Labute approximate surface area is 145 Å². The van der Waals surface area contributed by atoms with Crippen LogP contribution in [-0.2, 0) is 4.79 Å². The second-order valence-corrected chi connectivity index (χ2v) is 7.66. The van der Waals surface area contributed by atoms with E-state index in [1.807, 2.05) is 0 Å². The molecule has 1 aliphatic carbocycles. The van der Waals surface area contributed by atoms with Gasteiger partial charge >= 0.3 is 0 Å². The molecule has 0 radical (unpaired) electrons. The van der Waals surface area contributed by atoms with Crippen molar-refractivity contribution in [3.05, 3.63) is 0 Å². The second kappa shape index (κ2) is 15.2. The van der Waals surface area contributed by atoms with Crippen LogP contribution >= 0.6 is 0 Å². The number of carbonyl (C=O) groups excluding carboxylic acids is 1. The standard InChI is InChI=1S/C21H41NO/c1-2-3-4-5-9-12-17-22-18-20-13-10-7-6-8-11-14-21(19-23)16-15-20/h19-22H,2-18H2,1H3. The highest BCUT2D eigenvalue weighted by Crippen LogP contribution is 2.23. The highest BCUT2D eigenvalue weighted by Gasteiger charge is 2.14. The van der Waals surface area contributed by atoms with Crippen molar-refractivity contribution in [2.45, 2.75) is 103 Å². The van der Waals surface area contributed by atoms with E-state index in [1.54, 1.807) is 0 Å². The Kier molecular flexibility index (Phi) is 13.6. The molecule has 23 heavy (non-hydrogen) atoms. The van der Waals surface area contributed by atoms with Gasteiger partial charge in [0.25, 0.3) is 0 Å². The summed E-state index contributed by atoms with van der Waals surface area (Å²) in [7, 11) is 0. The van der Waals surface area contributed by atoms with Crippen molar-refractivity contribution in [2.75, 3.05) is 13.1 Å². The molecule has 2 nitrogen and oxygen atoms in total. The van der Waals surface area contributed by atoms with Gasteiger partial charge in [0.1, 0.15) is 6.29 Å². The Bertz CT molecular complexity index is 267. The molecule has 1 rings (SSSR count). The predicted molar refractivity (Wildman–Crippen MR) is 101 cm³/mol. The van der Waals surface area contributed by atoms with Crippen LogP contribution in [0.4, 0.5) is 0 Å². The molecule has 0 spiro atoms. The minimum Gasteiger partial charge on any atom is -0.316 e. The molecule has 0 aromatic heterocycles. The van der Waals surface area contributed by atoms with Gasteiger partial charge in [-0.25, -0.2) is 0 Å². The van der Waals surface area contributed by atoms with Crippen molar-refractivity contribution in [3.63, 3.8) is 0 Å². The monoisotopic (exact) mass is 323 g/mol. The van der Waals surface area contributed by atoms with E-state index in [1.165, 1.54) is 103 Å². The van der Waals surface area contributed by atoms with Gasteiger partial charge in [-0.15, -0.1) is 0 Å². The van der Waals surface area contributed by atoms with Crippen LogP contribution in [0.3, 0.4) is 0 Å². The molecule has 0 saturated heterocycles. The van der Waals surface area contributed by atoms with Crippen molar-refractivity contribution in [1.29, 1.82) is 0 Å². The lowest BCUT2D eigenvalue weighted by Crippen LogP contribution is -2.24. The van der Waals surface area contributed by atoms with E-state index < -0.39 is 0 Å². The average molecular weight is 324 g/mol. The lowest BCUT2D eigenvalue weighted by Gasteiger charge is -2.19. The topological polar surface area (TPSA) is 29.1 Å². The molecule has 0 aromatic rings. The minimum atomic E-state index is 0.328. The van der Waals surface area contributed by atoms with E-state index in [9.17, 15) is 4.79 Å². The Hall–Kier alpha value is -0.370. The number of unbranched alkanes of at least 4 members (excludes halogenated alkanes) is 5. The van der Waals surface area contributed by atoms with Crippen molar-refractivity contribution in [2.24, 2.45) is 11.8 Å². The van der Waals surface area contributed by atoms with Gasteiger partial charge in [-0.3, -0.25) is 0 Å². The Morgan fingerprint density at radius 3 is 2.30 bits per heavy atom. The molecule has 0 bridgehead atoms. The normalized spacial score (nSPS) is 24.0. The van der Waals surface area contributed by atoms with Crippen LogP contribution in [0, 0.1) is 11.8 Å². The molecule has 2 unspecified atom stereocenters. The van der Waals surface area contributed by atoms with Crippen LogP contribution in [0.1, 0.15) is 103 Å². The highest BCUT2D eigenvalue weighted by atomic mass is 16.1. The SMILES string of the molecule is CCCCCCCCNCC1CCCCCCCC(C=O)CC1. The molecular formula is C21H41NO. The summed E-state index contributed by atoms with van der Waals surface area (Å²) in [5, 5.41) is 3.69. The molecule has 0 heterocycles. The van der Waals surface area contributed by atoms with E-state index >= 15 is 0 Å². The highest BCUT2D eigenvalue weighted by molar-refractivity contribution is 5.53. The molecule has 1 N–H and O–H groups in total. The predicted octanol–water partition coefficient (Wildman–Crippen LogP) is 5.89. The van der Waals surface area contributed by atoms with Gasteiger partial charge in [0.15, 0.2) is 0 Å². The minimum absolute atomic E-state index is 0.328. The van der Waals surface area contributed by atoms with Crippen LogP contribution in [0.15, 0.2) is 0 Å². The molecule has 0 amide bonds. The Morgan fingerprint density at radius 1 is 0.826 bits per heavy atom. The maximum absolute atomic E-state index is 11.2. The number of rotatable bonds is 10. The molecule has 0 aromatic carbocycles. The zero-order chi connectivity index (χ0) is 16.6. The summed E-state index contributed by atoms with van der Waals surface area (Å²) in [6.45, 7) is 4.62. The van der Waals surface area contributed by atoms with E-state index in [4.69, 9.17) is 0 Å². The summed E-state index contributed by atoms with van der Waals surface area (Å²) in [5.41, 5.74) is 0. The summed E-state index contributed by atoms with van der Waals surface area (Å²) in [5.74, 6) is 1.12. The quantitative estimate of drug-likeness (QED) is 0.401. The summed E-state index contributed by atoms with van der Waals surface area (Å²) in [6, 6.07) is 0.